The number of aryl methyl sites for hydroxylation is 2. The molecule has 1 spiro atoms. The number of anilines is 1. The van der Waals surface area contributed by atoms with Crippen molar-refractivity contribution in [3.05, 3.63) is 29.3 Å². The molecular formula is C25H35N3O4S. The van der Waals surface area contributed by atoms with Crippen molar-refractivity contribution in [3.8, 4) is 0 Å². The van der Waals surface area contributed by atoms with Gasteiger partial charge < -0.3 is 20.6 Å². The highest BCUT2D eigenvalue weighted by atomic mass is 32.2. The average molecular weight is 474 g/mol. The number of amides is 3. The summed E-state index contributed by atoms with van der Waals surface area (Å²) in [5, 5.41) is 16.0. The number of likely N-dealkylation sites (tertiary alicyclic amines) is 1. The molecule has 1 aromatic rings. The first-order valence-corrected chi connectivity index (χ1v) is 12.7. The number of fused-ring (bicyclic) bond motifs is 1. The van der Waals surface area contributed by atoms with Gasteiger partial charge in [0.25, 0.3) is 0 Å². The van der Waals surface area contributed by atoms with E-state index in [1.165, 1.54) is 0 Å². The van der Waals surface area contributed by atoms with Gasteiger partial charge in [0.15, 0.2) is 0 Å². The Morgan fingerprint density at radius 3 is 2.67 bits per heavy atom. The van der Waals surface area contributed by atoms with E-state index in [0.717, 1.165) is 29.7 Å². The third kappa shape index (κ3) is 3.66. The highest BCUT2D eigenvalue weighted by Gasteiger charge is 2.77. The van der Waals surface area contributed by atoms with Gasteiger partial charge in [0.1, 0.15) is 6.04 Å². The molecule has 33 heavy (non-hydrogen) atoms. The summed E-state index contributed by atoms with van der Waals surface area (Å²) < 4.78 is -1.06. The molecule has 4 rings (SSSR count). The minimum Gasteiger partial charge on any atom is -0.394 e. The van der Waals surface area contributed by atoms with Crippen molar-refractivity contribution in [2.45, 2.75) is 75.5 Å². The van der Waals surface area contributed by atoms with Gasteiger partial charge in [-0.3, -0.25) is 14.4 Å². The van der Waals surface area contributed by atoms with E-state index in [4.69, 9.17) is 0 Å². The van der Waals surface area contributed by atoms with E-state index in [1.54, 1.807) is 23.6 Å². The number of carbonyl (C=O) groups is 3. The van der Waals surface area contributed by atoms with Crippen molar-refractivity contribution < 1.29 is 19.5 Å². The van der Waals surface area contributed by atoms with Gasteiger partial charge in [-0.15, -0.1) is 11.8 Å². The minimum atomic E-state index is -0.743. The van der Waals surface area contributed by atoms with Crippen LogP contribution in [-0.2, 0) is 14.4 Å². The largest absolute Gasteiger partial charge is 0.394 e. The van der Waals surface area contributed by atoms with Crippen LogP contribution in [0.25, 0.3) is 0 Å². The second-order valence-electron chi connectivity index (χ2n) is 10.1. The van der Waals surface area contributed by atoms with Crippen molar-refractivity contribution in [2.24, 2.45) is 11.8 Å². The first-order valence-electron chi connectivity index (χ1n) is 11.9. The number of aliphatic hydroxyl groups excluding tert-OH is 1. The number of hydrogen-bond acceptors (Lipinski definition) is 5. The summed E-state index contributed by atoms with van der Waals surface area (Å²) in [6.45, 7) is 10.1. The number of rotatable bonds is 7. The van der Waals surface area contributed by atoms with Gasteiger partial charge in [0.05, 0.1) is 29.2 Å². The molecule has 6 atom stereocenters. The Kier molecular flexibility index (Phi) is 6.29. The lowest BCUT2D eigenvalue weighted by Crippen LogP contribution is -2.54. The lowest BCUT2D eigenvalue weighted by Gasteiger charge is -2.36. The summed E-state index contributed by atoms with van der Waals surface area (Å²) in [4.78, 5) is 42.5. The third-order valence-electron chi connectivity index (χ3n) is 7.68. The van der Waals surface area contributed by atoms with Gasteiger partial charge in [0.2, 0.25) is 17.7 Å². The molecule has 3 N–H and O–H groups in total. The topological polar surface area (TPSA) is 98.7 Å². The minimum absolute atomic E-state index is 0.0982. The Bertz CT molecular complexity index is 984. The lowest BCUT2D eigenvalue weighted by atomic mass is 9.66. The Labute approximate surface area is 200 Å². The smallest absolute Gasteiger partial charge is 0.248 e. The van der Waals surface area contributed by atoms with Crippen LogP contribution in [0, 0.1) is 25.7 Å². The lowest BCUT2D eigenvalue weighted by molar-refractivity contribution is -0.142. The van der Waals surface area contributed by atoms with E-state index < -0.39 is 28.7 Å². The summed E-state index contributed by atoms with van der Waals surface area (Å²) in [7, 11) is 0. The van der Waals surface area contributed by atoms with E-state index in [9.17, 15) is 19.5 Å². The Morgan fingerprint density at radius 1 is 1.27 bits per heavy atom. The van der Waals surface area contributed by atoms with Gasteiger partial charge in [-0.1, -0.05) is 19.1 Å². The van der Waals surface area contributed by atoms with Crippen LogP contribution in [0.4, 0.5) is 5.69 Å². The molecular weight excluding hydrogens is 438 g/mol. The van der Waals surface area contributed by atoms with Crippen LogP contribution >= 0.6 is 11.8 Å². The van der Waals surface area contributed by atoms with E-state index in [0.29, 0.717) is 13.0 Å². The molecule has 0 saturated carbocycles. The molecule has 0 aliphatic carbocycles. The van der Waals surface area contributed by atoms with Gasteiger partial charge >= 0.3 is 0 Å². The normalized spacial score (nSPS) is 33.2. The van der Waals surface area contributed by atoms with Gasteiger partial charge in [0, 0.05) is 17.0 Å². The maximum absolute atomic E-state index is 13.8. The van der Waals surface area contributed by atoms with Crippen LogP contribution in [0.2, 0.25) is 0 Å². The SMILES string of the molecule is CCCNC(=O)[C@@H]1[C@H]2C(=O)N([C@H](C)CO)C(C(=O)Nc3cc(C)ccc3C)C23CC[C@@]1(C)S3. The summed E-state index contributed by atoms with van der Waals surface area (Å²) in [5.41, 5.74) is 2.71. The fraction of sp³-hybridized carbons (Fsp3) is 0.640. The van der Waals surface area contributed by atoms with Gasteiger partial charge in [-0.25, -0.2) is 0 Å². The number of aliphatic hydroxyl groups is 1. The first-order chi connectivity index (χ1) is 15.6. The molecule has 0 aromatic heterocycles. The highest BCUT2D eigenvalue weighted by Crippen LogP contribution is 2.71. The van der Waals surface area contributed by atoms with E-state index in [1.807, 2.05) is 39.0 Å². The van der Waals surface area contributed by atoms with E-state index in [-0.39, 0.29) is 29.1 Å². The molecule has 3 aliphatic rings. The van der Waals surface area contributed by atoms with Gasteiger partial charge in [-0.05, 0) is 64.2 Å². The van der Waals surface area contributed by atoms with Crippen molar-refractivity contribution in [2.75, 3.05) is 18.5 Å². The zero-order valence-electron chi connectivity index (χ0n) is 20.1. The quantitative estimate of drug-likeness (QED) is 0.566. The van der Waals surface area contributed by atoms with Crippen LogP contribution in [0.15, 0.2) is 18.2 Å². The Hall–Kier alpha value is -2.06. The molecule has 2 unspecified atom stereocenters. The molecule has 3 amide bonds. The molecule has 3 saturated heterocycles. The van der Waals surface area contributed by atoms with E-state index >= 15 is 0 Å². The van der Waals surface area contributed by atoms with Crippen molar-refractivity contribution in [1.29, 1.82) is 0 Å². The van der Waals surface area contributed by atoms with Crippen LogP contribution in [0.5, 0.6) is 0 Å². The molecule has 1 aromatic carbocycles. The predicted molar refractivity (Wildman–Crippen MR) is 130 cm³/mol. The van der Waals surface area contributed by atoms with Crippen LogP contribution in [-0.4, -0.2) is 62.5 Å². The highest BCUT2D eigenvalue weighted by molar-refractivity contribution is 8.02. The molecule has 3 aliphatic heterocycles. The molecule has 0 radical (unpaired) electrons. The fourth-order valence-corrected chi connectivity index (χ4v) is 8.40. The fourth-order valence-electron chi connectivity index (χ4n) is 6.06. The predicted octanol–water partition coefficient (Wildman–Crippen LogP) is 2.63. The number of nitrogens with zero attached hydrogens (tertiary/aromatic N) is 1. The summed E-state index contributed by atoms with van der Waals surface area (Å²) in [5.74, 6) is -1.58. The monoisotopic (exact) mass is 473 g/mol. The number of benzene rings is 1. The Morgan fingerprint density at radius 2 is 2.00 bits per heavy atom. The Balaban J connectivity index is 1.74. The summed E-state index contributed by atoms with van der Waals surface area (Å²) in [6.07, 6.45) is 2.29. The maximum Gasteiger partial charge on any atom is 0.248 e. The number of carbonyl (C=O) groups excluding carboxylic acids is 3. The first kappa shape index (κ1) is 24.1. The third-order valence-corrected chi connectivity index (χ3v) is 9.67. The standard InChI is InChI=1S/C25H35N3O4S/c1-6-11-26-21(30)18-19-23(32)28(16(4)13-29)20(25(19)10-9-24(18,5)33-25)22(31)27-17-12-14(2)7-8-15(17)3/h7-8,12,16,18-20,29H,6,9-11,13H2,1-5H3,(H,26,30)(H,27,31)/t16-,18+,19+,20?,24-,25?/m1/s1. The summed E-state index contributed by atoms with van der Waals surface area (Å²) in [6, 6.07) is 4.63. The number of nitrogens with one attached hydrogen (secondary N) is 2. The molecule has 180 valence electrons. The molecule has 3 heterocycles. The van der Waals surface area contributed by atoms with Gasteiger partial charge in [-0.2, -0.15) is 0 Å². The zero-order valence-corrected chi connectivity index (χ0v) is 20.9. The molecule has 8 heteroatoms. The van der Waals surface area contributed by atoms with Crippen molar-refractivity contribution in [3.63, 3.8) is 0 Å². The van der Waals surface area contributed by atoms with Crippen molar-refractivity contribution in [1.82, 2.24) is 10.2 Å². The van der Waals surface area contributed by atoms with Crippen LogP contribution in [0.1, 0.15) is 51.2 Å². The molecule has 3 fully saturated rings. The second kappa shape index (κ2) is 8.62. The average Bonchev–Trinajstić information content (AvgIpc) is 3.34. The zero-order chi connectivity index (χ0) is 24.1. The van der Waals surface area contributed by atoms with Crippen molar-refractivity contribution >= 4 is 35.2 Å². The summed E-state index contributed by atoms with van der Waals surface area (Å²) >= 11 is 1.65. The number of hydrogen-bond donors (Lipinski definition) is 3. The maximum atomic E-state index is 13.8. The molecule has 2 bridgehead atoms. The second-order valence-corrected chi connectivity index (χ2v) is 12.0. The van der Waals surface area contributed by atoms with E-state index in [2.05, 4.69) is 17.6 Å². The number of thioether (sulfide) groups is 1. The molecule has 7 nitrogen and oxygen atoms in total. The van der Waals surface area contributed by atoms with Crippen LogP contribution in [0.3, 0.4) is 0 Å². The van der Waals surface area contributed by atoms with Crippen LogP contribution < -0.4 is 10.6 Å².